The van der Waals surface area contributed by atoms with Crippen molar-refractivity contribution in [2.45, 2.75) is 20.8 Å². The van der Waals surface area contributed by atoms with Crippen LogP contribution in [0.4, 0.5) is 8.78 Å². The van der Waals surface area contributed by atoms with Gasteiger partial charge in [-0.25, -0.2) is 9.07 Å². The van der Waals surface area contributed by atoms with E-state index in [1.807, 2.05) is 26.0 Å². The number of nitrogens with two attached hydrogens (primary N) is 1. The molecule has 0 aliphatic heterocycles. The van der Waals surface area contributed by atoms with Crippen LogP contribution in [-0.2, 0) is 0 Å². The van der Waals surface area contributed by atoms with E-state index < -0.39 is 17.4 Å². The summed E-state index contributed by atoms with van der Waals surface area (Å²) in [6.07, 6.45) is 0. The van der Waals surface area contributed by atoms with Gasteiger partial charge in [-0.3, -0.25) is 0 Å². The lowest BCUT2D eigenvalue weighted by molar-refractivity contribution is 0.318. The number of amidine groups is 1. The number of phenols is 1. The second-order valence-corrected chi connectivity index (χ2v) is 5.86. The van der Waals surface area contributed by atoms with E-state index >= 15 is 0 Å². The first-order valence-electron chi connectivity index (χ1n) is 7.68. The van der Waals surface area contributed by atoms with E-state index in [4.69, 9.17) is 10.9 Å². The van der Waals surface area contributed by atoms with Crippen LogP contribution in [0.15, 0.2) is 29.4 Å². The van der Waals surface area contributed by atoms with Gasteiger partial charge in [-0.15, -0.1) is 0 Å². The zero-order valence-corrected chi connectivity index (χ0v) is 14.3. The van der Waals surface area contributed by atoms with Gasteiger partial charge >= 0.3 is 0 Å². The smallest absolute Gasteiger partial charge is 0.202 e. The average molecular weight is 361 g/mol. The van der Waals surface area contributed by atoms with Crippen molar-refractivity contribution in [3.05, 3.63) is 58.5 Å². The molecule has 2 aromatic heterocycles. The zero-order valence-electron chi connectivity index (χ0n) is 14.3. The first-order chi connectivity index (χ1) is 12.3. The lowest BCUT2D eigenvalue weighted by Crippen LogP contribution is -2.19. The summed E-state index contributed by atoms with van der Waals surface area (Å²) in [7, 11) is 0. The molecule has 0 aliphatic rings. The fraction of sp³-hybridized carbons (Fsp3) is 0.176. The highest BCUT2D eigenvalue weighted by Gasteiger charge is 2.26. The Balaban J connectivity index is 2.44. The normalized spacial score (nSPS) is 12.0. The van der Waals surface area contributed by atoms with Gasteiger partial charge in [0.15, 0.2) is 23.2 Å². The van der Waals surface area contributed by atoms with E-state index in [9.17, 15) is 13.9 Å². The molecule has 0 radical (unpaired) electrons. The Labute approximate surface area is 147 Å². The number of phenolic OH excluding ortho intramolecular Hbond substituents is 1. The molecule has 0 spiro atoms. The molecule has 3 rings (SSSR count). The summed E-state index contributed by atoms with van der Waals surface area (Å²) in [5, 5.41) is 25.8. The third kappa shape index (κ3) is 2.48. The van der Waals surface area contributed by atoms with Crippen LogP contribution in [0.2, 0.25) is 0 Å². The maximum absolute atomic E-state index is 14.5. The Morgan fingerprint density at radius 3 is 2.27 bits per heavy atom. The Bertz CT molecular complexity index is 1020. The minimum absolute atomic E-state index is 0.212. The van der Waals surface area contributed by atoms with Crippen molar-refractivity contribution in [1.82, 2.24) is 14.3 Å². The fourth-order valence-electron chi connectivity index (χ4n) is 2.93. The SMILES string of the molecule is Cc1nn(-c2ccc(O)c(F)c2F)c(-n2c(C)ccc2C)c1/C(N)=N/O. The summed E-state index contributed by atoms with van der Waals surface area (Å²) in [6.45, 7) is 5.25. The van der Waals surface area contributed by atoms with Crippen LogP contribution < -0.4 is 5.73 Å². The quantitative estimate of drug-likeness (QED) is 0.289. The molecule has 9 heteroatoms. The fourth-order valence-corrected chi connectivity index (χ4v) is 2.93. The molecular formula is C17H17F2N5O2. The number of halogens is 2. The summed E-state index contributed by atoms with van der Waals surface area (Å²) in [5.41, 5.74) is 7.80. The number of aryl methyl sites for hydroxylation is 3. The van der Waals surface area contributed by atoms with Gasteiger partial charge in [0.2, 0.25) is 5.82 Å². The van der Waals surface area contributed by atoms with Crippen LogP contribution in [0.1, 0.15) is 22.6 Å². The second-order valence-electron chi connectivity index (χ2n) is 5.86. The minimum atomic E-state index is -1.38. The first kappa shape index (κ1) is 17.5. The molecule has 0 saturated heterocycles. The van der Waals surface area contributed by atoms with Crippen LogP contribution in [-0.4, -0.2) is 30.5 Å². The summed E-state index contributed by atoms with van der Waals surface area (Å²) in [5.74, 6) is -3.37. The molecule has 0 aliphatic carbocycles. The predicted octanol–water partition coefficient (Wildman–Crippen LogP) is 2.67. The highest BCUT2D eigenvalue weighted by molar-refractivity contribution is 6.01. The average Bonchev–Trinajstić information content (AvgIpc) is 3.11. The summed E-state index contributed by atoms with van der Waals surface area (Å²) < 4.78 is 31.3. The van der Waals surface area contributed by atoms with Crippen LogP contribution in [0.3, 0.4) is 0 Å². The number of aromatic nitrogens is 3. The molecule has 0 unspecified atom stereocenters. The summed E-state index contributed by atoms with van der Waals surface area (Å²) in [4.78, 5) is 0. The number of aromatic hydroxyl groups is 1. The Morgan fingerprint density at radius 2 is 1.69 bits per heavy atom. The van der Waals surface area contributed by atoms with Crippen molar-refractivity contribution in [3.8, 4) is 17.3 Å². The van der Waals surface area contributed by atoms with Gasteiger partial charge in [-0.1, -0.05) is 5.16 Å². The third-order valence-electron chi connectivity index (χ3n) is 4.15. The van der Waals surface area contributed by atoms with E-state index in [0.29, 0.717) is 11.5 Å². The molecule has 1 aromatic carbocycles. The topological polar surface area (TPSA) is 102 Å². The van der Waals surface area contributed by atoms with E-state index in [-0.39, 0.29) is 17.1 Å². The molecule has 0 atom stereocenters. The second kappa shape index (κ2) is 6.17. The number of nitrogens with zero attached hydrogens (tertiary/aromatic N) is 4. The van der Waals surface area contributed by atoms with Crippen molar-refractivity contribution in [2.75, 3.05) is 0 Å². The van der Waals surface area contributed by atoms with Gasteiger partial charge in [0.25, 0.3) is 0 Å². The van der Waals surface area contributed by atoms with Gasteiger partial charge in [-0.05, 0) is 45.0 Å². The van der Waals surface area contributed by atoms with Gasteiger partial charge in [0, 0.05) is 11.4 Å². The summed E-state index contributed by atoms with van der Waals surface area (Å²) >= 11 is 0. The van der Waals surface area contributed by atoms with Crippen molar-refractivity contribution >= 4 is 5.84 Å². The van der Waals surface area contributed by atoms with E-state index in [0.717, 1.165) is 17.5 Å². The zero-order chi connectivity index (χ0) is 19.2. The largest absolute Gasteiger partial charge is 0.505 e. The molecular weight excluding hydrogens is 344 g/mol. The molecule has 0 bridgehead atoms. The minimum Gasteiger partial charge on any atom is -0.505 e. The third-order valence-corrected chi connectivity index (χ3v) is 4.15. The number of hydrogen-bond donors (Lipinski definition) is 3. The lowest BCUT2D eigenvalue weighted by Gasteiger charge is -2.15. The Morgan fingerprint density at radius 1 is 1.08 bits per heavy atom. The first-order valence-corrected chi connectivity index (χ1v) is 7.68. The lowest BCUT2D eigenvalue weighted by atomic mass is 10.2. The molecule has 26 heavy (non-hydrogen) atoms. The standard InChI is InChI=1S/C17H17F2N5O2/c1-8-4-5-9(2)23(8)17-13(16(20)22-26)10(3)21-24(17)11-6-7-12(25)15(19)14(11)18/h4-7,25-26H,1-3H3,(H2,20,22). The Kier molecular flexibility index (Phi) is 4.15. The molecule has 2 heterocycles. The molecule has 4 N–H and O–H groups in total. The Hall–Kier alpha value is -3.36. The highest BCUT2D eigenvalue weighted by atomic mass is 19.2. The molecule has 0 amide bonds. The molecule has 7 nitrogen and oxygen atoms in total. The van der Waals surface area contributed by atoms with E-state index in [2.05, 4.69) is 10.3 Å². The van der Waals surface area contributed by atoms with Gasteiger partial charge in [0.1, 0.15) is 5.69 Å². The van der Waals surface area contributed by atoms with Crippen molar-refractivity contribution in [2.24, 2.45) is 10.9 Å². The number of hydrogen-bond acceptors (Lipinski definition) is 4. The van der Waals surface area contributed by atoms with E-state index in [1.54, 1.807) is 11.5 Å². The maximum Gasteiger partial charge on any atom is 0.202 e. The molecule has 0 saturated carbocycles. The predicted molar refractivity (Wildman–Crippen MR) is 91.2 cm³/mol. The molecule has 0 fully saturated rings. The maximum atomic E-state index is 14.5. The highest BCUT2D eigenvalue weighted by Crippen LogP contribution is 2.30. The van der Waals surface area contributed by atoms with Gasteiger partial charge in [-0.2, -0.15) is 9.49 Å². The van der Waals surface area contributed by atoms with Crippen LogP contribution in [0.25, 0.3) is 11.5 Å². The van der Waals surface area contributed by atoms with Crippen LogP contribution >= 0.6 is 0 Å². The van der Waals surface area contributed by atoms with Gasteiger partial charge < -0.3 is 20.6 Å². The van der Waals surface area contributed by atoms with Crippen LogP contribution in [0, 0.1) is 32.4 Å². The monoisotopic (exact) mass is 361 g/mol. The van der Waals surface area contributed by atoms with Crippen molar-refractivity contribution in [1.29, 1.82) is 0 Å². The number of rotatable bonds is 3. The number of oxime groups is 1. The van der Waals surface area contributed by atoms with Crippen molar-refractivity contribution < 1.29 is 19.1 Å². The van der Waals surface area contributed by atoms with E-state index in [1.165, 1.54) is 10.7 Å². The molecule has 3 aromatic rings. The summed E-state index contributed by atoms with van der Waals surface area (Å²) in [6, 6.07) is 5.92. The van der Waals surface area contributed by atoms with Crippen molar-refractivity contribution in [3.63, 3.8) is 0 Å². The van der Waals surface area contributed by atoms with Gasteiger partial charge in [0.05, 0.1) is 11.3 Å². The van der Waals surface area contributed by atoms with Crippen LogP contribution in [0.5, 0.6) is 5.75 Å². The number of benzene rings is 1. The molecule has 136 valence electrons.